The highest BCUT2D eigenvalue weighted by Gasteiger charge is 2.25. The molecule has 228 valence electrons. The summed E-state index contributed by atoms with van der Waals surface area (Å²) in [6, 6.07) is 23.8. The van der Waals surface area contributed by atoms with E-state index in [0.717, 1.165) is 72.4 Å². The van der Waals surface area contributed by atoms with E-state index in [-0.39, 0.29) is 18.2 Å². The van der Waals surface area contributed by atoms with Crippen molar-refractivity contribution in [2.45, 2.75) is 44.8 Å². The molecule has 1 fully saturated rings. The summed E-state index contributed by atoms with van der Waals surface area (Å²) in [5.74, 6) is 0.287. The van der Waals surface area contributed by atoms with E-state index in [4.69, 9.17) is 21.3 Å². The number of halogens is 2. The molecular weight excluding hydrogens is 591 g/mol. The number of imidazole rings is 1. The van der Waals surface area contributed by atoms with Crippen LogP contribution >= 0.6 is 11.6 Å². The first-order chi connectivity index (χ1) is 21.9. The van der Waals surface area contributed by atoms with Crippen LogP contribution in [0.25, 0.3) is 33.5 Å². The second-order valence-electron chi connectivity index (χ2n) is 11.6. The molecule has 0 atom stereocenters. The number of carbonyl (C=O) groups is 1. The average Bonchev–Trinajstić information content (AvgIpc) is 3.73. The van der Waals surface area contributed by atoms with Crippen LogP contribution in [-0.2, 0) is 6.61 Å². The summed E-state index contributed by atoms with van der Waals surface area (Å²) in [7, 11) is 0. The number of nitrogens with one attached hydrogen (secondary N) is 1. The molecule has 1 aliphatic heterocycles. The quantitative estimate of drug-likeness (QED) is 0.182. The third-order valence-electron chi connectivity index (χ3n) is 8.66. The van der Waals surface area contributed by atoms with Gasteiger partial charge < -0.3 is 19.7 Å². The topological polar surface area (TPSA) is 88.7 Å². The number of carboxylic acid groups (broad SMARTS) is 1. The van der Waals surface area contributed by atoms with Gasteiger partial charge in [-0.3, -0.25) is 4.99 Å². The second-order valence-corrected chi connectivity index (χ2v) is 12.0. The number of rotatable bonds is 8. The minimum absolute atomic E-state index is 0.157. The molecule has 1 saturated carbocycles. The van der Waals surface area contributed by atoms with E-state index in [2.05, 4.69) is 27.0 Å². The molecule has 0 radical (unpaired) electrons. The fourth-order valence-corrected chi connectivity index (χ4v) is 6.55. The average molecular weight is 623 g/mol. The predicted molar refractivity (Wildman–Crippen MR) is 175 cm³/mol. The van der Waals surface area contributed by atoms with Gasteiger partial charge in [0.15, 0.2) is 0 Å². The lowest BCUT2D eigenvalue weighted by Gasteiger charge is -2.25. The molecule has 0 amide bonds. The van der Waals surface area contributed by atoms with Crippen molar-refractivity contribution >= 4 is 34.4 Å². The number of benzene rings is 4. The lowest BCUT2D eigenvalue weighted by Crippen LogP contribution is -2.19. The zero-order chi connectivity index (χ0) is 30.9. The Labute approximate surface area is 265 Å². The number of fused-ring (bicyclic) bond motifs is 1. The van der Waals surface area contributed by atoms with Crippen LogP contribution in [0.1, 0.15) is 59.6 Å². The van der Waals surface area contributed by atoms with Gasteiger partial charge in [0.25, 0.3) is 0 Å². The summed E-state index contributed by atoms with van der Waals surface area (Å²) in [5.41, 5.74) is 5.78. The van der Waals surface area contributed by atoms with E-state index in [1.807, 2.05) is 30.3 Å². The van der Waals surface area contributed by atoms with Gasteiger partial charge in [0.2, 0.25) is 0 Å². The molecule has 4 aromatic carbocycles. The maximum Gasteiger partial charge on any atom is 0.335 e. The van der Waals surface area contributed by atoms with E-state index >= 15 is 4.39 Å². The first-order valence-electron chi connectivity index (χ1n) is 15.3. The van der Waals surface area contributed by atoms with Crippen molar-refractivity contribution in [1.82, 2.24) is 14.9 Å². The van der Waals surface area contributed by atoms with Crippen LogP contribution in [0.15, 0.2) is 83.9 Å². The number of nitrogens with zero attached hydrogens (tertiary/aromatic N) is 3. The van der Waals surface area contributed by atoms with Crippen LogP contribution in [0.3, 0.4) is 0 Å². The van der Waals surface area contributed by atoms with Gasteiger partial charge in [0.1, 0.15) is 29.8 Å². The minimum atomic E-state index is -1.02. The van der Waals surface area contributed by atoms with Crippen LogP contribution in [-0.4, -0.2) is 39.6 Å². The zero-order valence-corrected chi connectivity index (χ0v) is 25.4. The lowest BCUT2D eigenvalue weighted by atomic mass is 9.94. The molecule has 5 aromatic rings. The van der Waals surface area contributed by atoms with Gasteiger partial charge in [-0.25, -0.2) is 14.2 Å². The van der Waals surface area contributed by atoms with E-state index in [1.54, 1.807) is 30.3 Å². The number of amidine groups is 1. The van der Waals surface area contributed by atoms with Crippen molar-refractivity contribution in [2.24, 2.45) is 4.99 Å². The van der Waals surface area contributed by atoms with Crippen LogP contribution in [0.5, 0.6) is 5.75 Å². The van der Waals surface area contributed by atoms with Crippen molar-refractivity contribution in [1.29, 1.82) is 0 Å². The van der Waals surface area contributed by atoms with Crippen molar-refractivity contribution in [3.05, 3.63) is 106 Å². The minimum Gasteiger partial charge on any atom is -0.489 e. The van der Waals surface area contributed by atoms with E-state index < -0.39 is 11.8 Å². The monoisotopic (exact) mass is 622 g/mol. The molecule has 0 spiro atoms. The molecule has 0 bridgehead atoms. The van der Waals surface area contributed by atoms with Crippen molar-refractivity contribution in [2.75, 3.05) is 13.1 Å². The summed E-state index contributed by atoms with van der Waals surface area (Å²) < 4.78 is 24.2. The molecule has 9 heteroatoms. The van der Waals surface area contributed by atoms with Gasteiger partial charge in [-0.1, -0.05) is 55.1 Å². The van der Waals surface area contributed by atoms with Crippen molar-refractivity contribution in [3.63, 3.8) is 0 Å². The summed E-state index contributed by atoms with van der Waals surface area (Å²) in [6.07, 6.45) is 5.30. The number of aromatic carboxylic acids is 1. The highest BCUT2D eigenvalue weighted by molar-refractivity contribution is 6.30. The Morgan fingerprint density at radius 2 is 1.73 bits per heavy atom. The molecule has 0 unspecified atom stereocenters. The Morgan fingerprint density at radius 3 is 2.47 bits per heavy atom. The van der Waals surface area contributed by atoms with Crippen molar-refractivity contribution < 1.29 is 19.0 Å². The first kappa shape index (κ1) is 29.0. The fraction of sp³-hybridized carbons (Fsp3) is 0.250. The SMILES string of the molecule is O=C(O)c1ccc2c(c1)nc(-c1ccc(OCc3cc(C4=NCCN4)ccc3-c3ccc(Cl)cc3)cc1F)n2C1CCCCC1. The Hall–Kier alpha value is -4.69. The molecular formula is C36H32ClFN4O3. The van der Waals surface area contributed by atoms with Crippen LogP contribution in [0.2, 0.25) is 5.02 Å². The lowest BCUT2D eigenvalue weighted by molar-refractivity contribution is 0.0697. The van der Waals surface area contributed by atoms with E-state index in [9.17, 15) is 9.90 Å². The number of ether oxygens (including phenoxy) is 1. The standard InChI is InChI=1S/C36H32ClFN4O3/c37-26-10-6-22(7-11-26)29-13-8-23(34-39-16-17-40-34)18-25(29)21-45-28-12-14-30(31(38)20-28)35-41-32-19-24(36(43)44)9-15-33(32)42(35)27-4-2-1-3-5-27/h6-15,18-20,27H,1-5,16-17,21H2,(H,39,40)(H,43,44). The second kappa shape index (κ2) is 12.4. The summed E-state index contributed by atoms with van der Waals surface area (Å²) in [4.78, 5) is 21.0. The molecule has 7 rings (SSSR count). The number of hydrogen-bond acceptors (Lipinski definition) is 5. The Bertz CT molecular complexity index is 1930. The Morgan fingerprint density at radius 1 is 0.956 bits per heavy atom. The van der Waals surface area contributed by atoms with Crippen molar-refractivity contribution in [3.8, 4) is 28.3 Å². The first-order valence-corrected chi connectivity index (χ1v) is 15.7. The summed E-state index contributed by atoms with van der Waals surface area (Å²) in [5, 5.41) is 13.5. The van der Waals surface area contributed by atoms with Gasteiger partial charge in [0.05, 0.1) is 28.7 Å². The Balaban J connectivity index is 1.21. The summed E-state index contributed by atoms with van der Waals surface area (Å²) in [6.45, 7) is 1.76. The molecule has 2 aliphatic rings. The number of carboxylic acids is 1. The van der Waals surface area contributed by atoms with Gasteiger partial charge in [0, 0.05) is 29.2 Å². The molecule has 1 aliphatic carbocycles. The molecule has 2 N–H and O–H groups in total. The smallest absolute Gasteiger partial charge is 0.335 e. The molecule has 0 saturated heterocycles. The zero-order valence-electron chi connectivity index (χ0n) is 24.6. The predicted octanol–water partition coefficient (Wildman–Crippen LogP) is 8.30. The van der Waals surface area contributed by atoms with Crippen LogP contribution in [0.4, 0.5) is 4.39 Å². The molecule has 1 aromatic heterocycles. The third kappa shape index (κ3) is 5.90. The van der Waals surface area contributed by atoms with Gasteiger partial charge >= 0.3 is 5.97 Å². The third-order valence-corrected chi connectivity index (χ3v) is 8.91. The number of aromatic nitrogens is 2. The van der Waals surface area contributed by atoms with E-state index in [1.165, 1.54) is 12.5 Å². The maximum atomic E-state index is 15.9. The largest absolute Gasteiger partial charge is 0.489 e. The van der Waals surface area contributed by atoms with Gasteiger partial charge in [-0.05, 0) is 78.1 Å². The van der Waals surface area contributed by atoms with Crippen LogP contribution in [0, 0.1) is 5.82 Å². The van der Waals surface area contributed by atoms with Gasteiger partial charge in [-0.2, -0.15) is 0 Å². The van der Waals surface area contributed by atoms with E-state index in [0.29, 0.717) is 27.7 Å². The maximum absolute atomic E-state index is 15.9. The highest BCUT2D eigenvalue weighted by Crippen LogP contribution is 2.38. The van der Waals surface area contributed by atoms with Crippen LogP contribution < -0.4 is 10.1 Å². The Kier molecular flexibility index (Phi) is 7.98. The molecule has 7 nitrogen and oxygen atoms in total. The fourth-order valence-electron chi connectivity index (χ4n) is 6.42. The van der Waals surface area contributed by atoms with Gasteiger partial charge in [-0.15, -0.1) is 0 Å². The molecule has 2 heterocycles. The highest BCUT2D eigenvalue weighted by atomic mass is 35.5. The normalized spacial score (nSPS) is 15.2. The summed E-state index contributed by atoms with van der Waals surface area (Å²) >= 11 is 6.15. The number of aliphatic imine (C=N–C) groups is 1. The molecule has 45 heavy (non-hydrogen) atoms. The number of hydrogen-bond donors (Lipinski definition) is 2.